The number of methoxy groups -OCH3 is 1. The number of benzene rings is 1. The van der Waals surface area contributed by atoms with E-state index in [-0.39, 0.29) is 5.91 Å². The summed E-state index contributed by atoms with van der Waals surface area (Å²) in [5, 5.41) is 10.6. The van der Waals surface area contributed by atoms with Crippen LogP contribution in [0.4, 0.5) is 0 Å². The van der Waals surface area contributed by atoms with Crippen molar-refractivity contribution < 1.29 is 13.9 Å². The van der Waals surface area contributed by atoms with Gasteiger partial charge in [-0.2, -0.15) is 0 Å². The molecule has 0 spiro atoms. The second kappa shape index (κ2) is 11.1. The lowest BCUT2D eigenvalue weighted by molar-refractivity contribution is -0.135. The Morgan fingerprint density at radius 1 is 1.09 bits per heavy atom. The van der Waals surface area contributed by atoms with Crippen LogP contribution in [0.2, 0.25) is 0 Å². The highest BCUT2D eigenvalue weighted by atomic mass is 32.2. The molecule has 0 bridgehead atoms. The number of carbonyl (C=O) groups excluding carboxylic acids is 1. The minimum atomic E-state index is 0.259. The van der Waals surface area contributed by atoms with Gasteiger partial charge >= 0.3 is 0 Å². The standard InChI is InChI=1S/C27H36N4O3S/c1-3-30-26(23-17-19-11-10-16-22(33-2)25(19)34-23)28-29-27(30)35-18-24(32)31(20-12-6-4-7-13-20)21-14-8-5-9-15-21/h10-11,16-17,20-21H,3-9,12-15,18H2,1-2H3. The molecule has 2 aliphatic rings. The van der Waals surface area contributed by atoms with Crippen LogP contribution in [0, 0.1) is 0 Å². The van der Waals surface area contributed by atoms with E-state index in [1.807, 2.05) is 28.8 Å². The number of rotatable bonds is 8. The lowest BCUT2D eigenvalue weighted by Crippen LogP contribution is -2.49. The maximum Gasteiger partial charge on any atom is 0.233 e. The molecule has 1 amide bonds. The van der Waals surface area contributed by atoms with Crippen molar-refractivity contribution in [3.8, 4) is 17.3 Å². The van der Waals surface area contributed by atoms with Gasteiger partial charge in [0.25, 0.3) is 0 Å². The minimum absolute atomic E-state index is 0.259. The van der Waals surface area contributed by atoms with Gasteiger partial charge < -0.3 is 14.1 Å². The fourth-order valence-electron chi connectivity index (χ4n) is 5.79. The van der Waals surface area contributed by atoms with Crippen LogP contribution >= 0.6 is 11.8 Å². The van der Waals surface area contributed by atoms with Crippen LogP contribution in [-0.4, -0.2) is 50.5 Å². The molecule has 2 aliphatic carbocycles. The molecule has 0 N–H and O–H groups in total. The van der Waals surface area contributed by atoms with Crippen molar-refractivity contribution >= 4 is 28.6 Å². The summed E-state index contributed by atoms with van der Waals surface area (Å²) in [6.45, 7) is 2.76. The highest BCUT2D eigenvalue weighted by Crippen LogP contribution is 2.35. The third-order valence-corrected chi connectivity index (χ3v) is 8.48. The Hall–Kier alpha value is -2.48. The normalized spacial score (nSPS) is 17.7. The number of ether oxygens (including phenoxy) is 1. The number of furan rings is 1. The molecule has 188 valence electrons. The zero-order valence-electron chi connectivity index (χ0n) is 20.9. The van der Waals surface area contributed by atoms with Crippen molar-refractivity contribution in [1.82, 2.24) is 19.7 Å². The SMILES string of the molecule is CCn1c(SCC(=O)N(C2CCCCC2)C2CCCCC2)nnc1-c1cc2cccc(OC)c2o1. The van der Waals surface area contributed by atoms with Gasteiger partial charge in [0.2, 0.25) is 11.7 Å². The lowest BCUT2D eigenvalue weighted by Gasteiger charge is -2.41. The molecule has 7 nitrogen and oxygen atoms in total. The first-order chi connectivity index (χ1) is 17.2. The Morgan fingerprint density at radius 2 is 1.77 bits per heavy atom. The van der Waals surface area contributed by atoms with Crippen LogP contribution in [0.3, 0.4) is 0 Å². The maximum atomic E-state index is 13.6. The van der Waals surface area contributed by atoms with E-state index >= 15 is 0 Å². The molecule has 8 heteroatoms. The first-order valence-corrected chi connectivity index (χ1v) is 14.1. The fraction of sp³-hybridized carbons (Fsp3) is 0.593. The molecule has 1 aromatic carbocycles. The molecule has 3 aromatic rings. The summed E-state index contributed by atoms with van der Waals surface area (Å²) >= 11 is 1.50. The van der Waals surface area contributed by atoms with Crippen molar-refractivity contribution in [2.24, 2.45) is 0 Å². The van der Waals surface area contributed by atoms with Gasteiger partial charge in [0, 0.05) is 24.0 Å². The van der Waals surface area contributed by atoms with E-state index < -0.39 is 0 Å². The van der Waals surface area contributed by atoms with Crippen LogP contribution in [0.25, 0.3) is 22.6 Å². The third-order valence-electron chi connectivity index (χ3n) is 7.53. The summed E-state index contributed by atoms with van der Waals surface area (Å²) in [6, 6.07) is 8.62. The van der Waals surface area contributed by atoms with Crippen LogP contribution < -0.4 is 4.74 Å². The Balaban J connectivity index is 1.34. The smallest absolute Gasteiger partial charge is 0.233 e. The molecule has 0 atom stereocenters. The molecule has 0 radical (unpaired) electrons. The third kappa shape index (κ3) is 5.08. The molecule has 2 aromatic heterocycles. The van der Waals surface area contributed by atoms with Crippen LogP contribution in [0.15, 0.2) is 33.8 Å². The van der Waals surface area contributed by atoms with E-state index in [1.54, 1.807) is 7.11 Å². The average molecular weight is 497 g/mol. The van der Waals surface area contributed by atoms with Gasteiger partial charge in [-0.15, -0.1) is 10.2 Å². The zero-order chi connectivity index (χ0) is 24.2. The van der Waals surface area contributed by atoms with E-state index in [0.717, 1.165) is 36.2 Å². The van der Waals surface area contributed by atoms with E-state index in [1.165, 1.54) is 50.3 Å². The summed E-state index contributed by atoms with van der Waals surface area (Å²) in [5.41, 5.74) is 0.704. The average Bonchev–Trinajstić information content (AvgIpc) is 3.52. The number of nitrogens with zero attached hydrogens (tertiary/aromatic N) is 4. The van der Waals surface area contributed by atoms with Gasteiger partial charge in [-0.05, 0) is 44.7 Å². The van der Waals surface area contributed by atoms with Crippen molar-refractivity contribution in [2.45, 2.75) is 94.9 Å². The van der Waals surface area contributed by atoms with Gasteiger partial charge in [0.1, 0.15) is 0 Å². The molecule has 2 fully saturated rings. The summed E-state index contributed by atoms with van der Waals surface area (Å²) in [6.07, 6.45) is 12.2. The molecule has 5 rings (SSSR count). The Kier molecular flexibility index (Phi) is 7.66. The molecule has 35 heavy (non-hydrogen) atoms. The van der Waals surface area contributed by atoms with Gasteiger partial charge in [-0.25, -0.2) is 0 Å². The number of amides is 1. The largest absolute Gasteiger partial charge is 0.493 e. The number of thioether (sulfide) groups is 1. The van der Waals surface area contributed by atoms with Gasteiger partial charge in [-0.1, -0.05) is 62.4 Å². The Morgan fingerprint density at radius 3 is 2.40 bits per heavy atom. The Bertz CT molecular complexity index is 1130. The summed E-state index contributed by atoms with van der Waals surface area (Å²) in [5.74, 6) is 2.69. The topological polar surface area (TPSA) is 73.4 Å². The second-order valence-corrected chi connectivity index (χ2v) is 10.7. The van der Waals surface area contributed by atoms with Crippen LogP contribution in [0.5, 0.6) is 5.75 Å². The predicted molar refractivity (Wildman–Crippen MR) is 139 cm³/mol. The van der Waals surface area contributed by atoms with Crippen molar-refractivity contribution in [3.63, 3.8) is 0 Å². The molecule has 2 heterocycles. The van der Waals surface area contributed by atoms with E-state index in [0.29, 0.717) is 47.3 Å². The molecule has 2 saturated carbocycles. The minimum Gasteiger partial charge on any atom is -0.493 e. The number of hydrogen-bond acceptors (Lipinski definition) is 6. The zero-order valence-corrected chi connectivity index (χ0v) is 21.7. The summed E-state index contributed by atoms with van der Waals surface area (Å²) in [7, 11) is 1.64. The number of fused-ring (bicyclic) bond motifs is 1. The number of carbonyl (C=O) groups is 1. The van der Waals surface area contributed by atoms with Crippen LogP contribution in [0.1, 0.15) is 71.1 Å². The monoisotopic (exact) mass is 496 g/mol. The first kappa shape index (κ1) is 24.2. The quantitative estimate of drug-likeness (QED) is 0.341. The van der Waals surface area contributed by atoms with Gasteiger partial charge in [0.05, 0.1) is 12.9 Å². The van der Waals surface area contributed by atoms with Crippen molar-refractivity contribution in [3.05, 3.63) is 24.3 Å². The number of aromatic nitrogens is 3. The van der Waals surface area contributed by atoms with Gasteiger partial charge in [-0.3, -0.25) is 9.36 Å². The van der Waals surface area contributed by atoms with Gasteiger partial charge in [0.15, 0.2) is 22.2 Å². The first-order valence-electron chi connectivity index (χ1n) is 13.1. The fourth-order valence-corrected chi connectivity index (χ4v) is 6.67. The molecular weight excluding hydrogens is 460 g/mol. The van der Waals surface area contributed by atoms with Crippen molar-refractivity contribution in [1.29, 1.82) is 0 Å². The molecule has 0 saturated heterocycles. The van der Waals surface area contributed by atoms with Crippen LogP contribution in [-0.2, 0) is 11.3 Å². The highest BCUT2D eigenvalue weighted by Gasteiger charge is 2.32. The summed E-state index contributed by atoms with van der Waals surface area (Å²) in [4.78, 5) is 15.9. The molecule has 0 unspecified atom stereocenters. The lowest BCUT2D eigenvalue weighted by atomic mass is 9.88. The Labute approximate surface area is 211 Å². The summed E-state index contributed by atoms with van der Waals surface area (Å²) < 4.78 is 13.6. The second-order valence-electron chi connectivity index (χ2n) is 9.71. The molecular formula is C27H36N4O3S. The highest BCUT2D eigenvalue weighted by molar-refractivity contribution is 7.99. The van der Waals surface area contributed by atoms with E-state index in [4.69, 9.17) is 9.15 Å². The van der Waals surface area contributed by atoms with E-state index in [9.17, 15) is 4.79 Å². The van der Waals surface area contributed by atoms with Crippen molar-refractivity contribution in [2.75, 3.05) is 12.9 Å². The predicted octanol–water partition coefficient (Wildman–Crippen LogP) is 6.31. The van der Waals surface area contributed by atoms with E-state index in [2.05, 4.69) is 22.0 Å². The maximum absolute atomic E-state index is 13.6. The number of hydrogen-bond donors (Lipinski definition) is 0. The number of para-hydroxylation sites is 1. The molecule has 0 aliphatic heterocycles.